The van der Waals surface area contributed by atoms with E-state index < -0.39 is 5.97 Å². The number of carboxylic acid groups (broad SMARTS) is 1. The summed E-state index contributed by atoms with van der Waals surface area (Å²) in [7, 11) is 0. The average molecular weight is 288 g/mol. The van der Waals surface area contributed by atoms with Crippen LogP contribution in [0.3, 0.4) is 0 Å². The quantitative estimate of drug-likeness (QED) is 0.904. The SMILES string of the molecule is CC(=O)Nc1ccc(Sc2ccnc(C(=O)O)c2)cc1. The van der Waals surface area contributed by atoms with E-state index in [1.807, 2.05) is 12.1 Å². The van der Waals surface area contributed by atoms with Gasteiger partial charge in [0.05, 0.1) is 0 Å². The second-order valence-electron chi connectivity index (χ2n) is 3.99. The number of nitrogens with zero attached hydrogens (tertiary/aromatic N) is 1. The van der Waals surface area contributed by atoms with Crippen molar-refractivity contribution in [3.8, 4) is 0 Å². The van der Waals surface area contributed by atoms with Crippen LogP contribution in [-0.4, -0.2) is 22.0 Å². The van der Waals surface area contributed by atoms with E-state index in [1.165, 1.54) is 30.9 Å². The molecule has 0 spiro atoms. The minimum atomic E-state index is -1.05. The Hall–Kier alpha value is -2.34. The van der Waals surface area contributed by atoms with Gasteiger partial charge in [-0.3, -0.25) is 4.79 Å². The van der Waals surface area contributed by atoms with Gasteiger partial charge >= 0.3 is 5.97 Å². The average Bonchev–Trinajstić information content (AvgIpc) is 2.41. The maximum Gasteiger partial charge on any atom is 0.354 e. The van der Waals surface area contributed by atoms with Crippen LogP contribution in [0.5, 0.6) is 0 Å². The van der Waals surface area contributed by atoms with Gasteiger partial charge in [-0.15, -0.1) is 0 Å². The second-order valence-corrected chi connectivity index (χ2v) is 5.14. The fourth-order valence-electron chi connectivity index (χ4n) is 1.54. The fraction of sp³-hybridized carbons (Fsp3) is 0.0714. The molecule has 0 atom stereocenters. The lowest BCUT2D eigenvalue weighted by atomic mass is 10.3. The molecule has 1 aromatic heterocycles. The van der Waals surface area contributed by atoms with Crippen LogP contribution in [0.1, 0.15) is 17.4 Å². The third-order valence-electron chi connectivity index (χ3n) is 2.36. The Bertz CT molecular complexity index is 641. The molecule has 0 aliphatic rings. The van der Waals surface area contributed by atoms with Crippen molar-refractivity contribution >= 4 is 29.3 Å². The van der Waals surface area contributed by atoms with Gasteiger partial charge in [0, 0.05) is 28.6 Å². The van der Waals surface area contributed by atoms with Gasteiger partial charge < -0.3 is 10.4 Å². The molecule has 0 saturated heterocycles. The number of carboxylic acids is 1. The van der Waals surface area contributed by atoms with Gasteiger partial charge in [0.2, 0.25) is 5.91 Å². The molecule has 6 heteroatoms. The summed E-state index contributed by atoms with van der Waals surface area (Å²) in [5.74, 6) is -1.17. The smallest absolute Gasteiger partial charge is 0.354 e. The van der Waals surface area contributed by atoms with Crippen molar-refractivity contribution in [3.63, 3.8) is 0 Å². The minimum absolute atomic E-state index is 0.0184. The van der Waals surface area contributed by atoms with Crippen LogP contribution in [0.15, 0.2) is 52.4 Å². The highest BCUT2D eigenvalue weighted by Gasteiger charge is 2.06. The molecular formula is C14H12N2O3S. The van der Waals surface area contributed by atoms with Crippen molar-refractivity contribution in [1.29, 1.82) is 0 Å². The van der Waals surface area contributed by atoms with Crippen LogP contribution >= 0.6 is 11.8 Å². The Morgan fingerprint density at radius 2 is 1.85 bits per heavy atom. The van der Waals surface area contributed by atoms with Gasteiger partial charge in [-0.2, -0.15) is 0 Å². The molecule has 1 heterocycles. The van der Waals surface area contributed by atoms with Gasteiger partial charge in [0.15, 0.2) is 0 Å². The van der Waals surface area contributed by atoms with Gasteiger partial charge in [-0.25, -0.2) is 9.78 Å². The highest BCUT2D eigenvalue weighted by atomic mass is 32.2. The lowest BCUT2D eigenvalue weighted by molar-refractivity contribution is -0.114. The standard InChI is InChI=1S/C14H12N2O3S/c1-9(17)16-10-2-4-11(5-3-10)20-12-6-7-15-13(8-12)14(18)19/h2-8H,1H3,(H,16,17)(H,18,19). The lowest BCUT2D eigenvalue weighted by Crippen LogP contribution is -2.05. The van der Waals surface area contributed by atoms with Crippen LogP contribution in [-0.2, 0) is 4.79 Å². The molecule has 0 aliphatic heterocycles. The predicted molar refractivity (Wildman–Crippen MR) is 76.1 cm³/mol. The monoisotopic (exact) mass is 288 g/mol. The highest BCUT2D eigenvalue weighted by Crippen LogP contribution is 2.28. The third-order valence-corrected chi connectivity index (χ3v) is 3.36. The zero-order valence-corrected chi connectivity index (χ0v) is 11.5. The first-order valence-corrected chi connectivity index (χ1v) is 6.61. The van der Waals surface area contributed by atoms with Gasteiger partial charge in [0.1, 0.15) is 5.69 Å². The maximum absolute atomic E-state index is 10.9. The summed E-state index contributed by atoms with van der Waals surface area (Å²) in [6.07, 6.45) is 1.47. The van der Waals surface area contributed by atoms with Crippen molar-refractivity contribution in [3.05, 3.63) is 48.3 Å². The summed E-state index contributed by atoms with van der Waals surface area (Å²) in [6.45, 7) is 1.45. The Morgan fingerprint density at radius 1 is 1.15 bits per heavy atom. The Morgan fingerprint density at radius 3 is 2.45 bits per heavy atom. The number of rotatable bonds is 4. The molecule has 102 valence electrons. The number of pyridine rings is 1. The highest BCUT2D eigenvalue weighted by molar-refractivity contribution is 7.99. The summed E-state index contributed by atoms with van der Waals surface area (Å²) in [6, 6.07) is 10.6. The van der Waals surface area contributed by atoms with Crippen molar-refractivity contribution in [2.45, 2.75) is 16.7 Å². The molecule has 2 N–H and O–H groups in total. The van der Waals surface area contributed by atoms with E-state index in [9.17, 15) is 9.59 Å². The first-order valence-electron chi connectivity index (χ1n) is 5.79. The molecule has 0 saturated carbocycles. The molecule has 5 nitrogen and oxygen atoms in total. The van der Waals surface area contributed by atoms with Gasteiger partial charge in [0.25, 0.3) is 0 Å². The summed E-state index contributed by atoms with van der Waals surface area (Å²) >= 11 is 1.43. The third kappa shape index (κ3) is 3.83. The van der Waals surface area contributed by atoms with Gasteiger partial charge in [-0.05, 0) is 36.4 Å². The molecule has 0 fully saturated rings. The number of benzene rings is 1. The molecule has 2 rings (SSSR count). The van der Waals surface area contributed by atoms with E-state index in [0.717, 1.165) is 15.5 Å². The molecular weight excluding hydrogens is 276 g/mol. The number of aromatic nitrogens is 1. The number of hydrogen-bond acceptors (Lipinski definition) is 4. The summed E-state index contributed by atoms with van der Waals surface area (Å²) in [4.78, 5) is 27.3. The largest absolute Gasteiger partial charge is 0.477 e. The number of anilines is 1. The van der Waals surface area contributed by atoms with Crippen molar-refractivity contribution in [1.82, 2.24) is 4.98 Å². The number of nitrogens with one attached hydrogen (secondary N) is 1. The Kier molecular flexibility index (Phi) is 4.37. The van der Waals surface area contributed by atoms with E-state index in [4.69, 9.17) is 5.11 Å². The van der Waals surface area contributed by atoms with E-state index in [0.29, 0.717) is 0 Å². The summed E-state index contributed by atoms with van der Waals surface area (Å²) in [5.41, 5.74) is 0.743. The first-order chi connectivity index (χ1) is 9.54. The van der Waals surface area contributed by atoms with E-state index in [1.54, 1.807) is 18.2 Å². The first kappa shape index (κ1) is 14.1. The zero-order valence-electron chi connectivity index (χ0n) is 10.7. The molecule has 20 heavy (non-hydrogen) atoms. The zero-order chi connectivity index (χ0) is 14.5. The predicted octanol–water partition coefficient (Wildman–Crippen LogP) is 2.89. The van der Waals surface area contributed by atoms with Crippen molar-refractivity contribution < 1.29 is 14.7 Å². The number of aromatic carboxylic acids is 1. The molecule has 0 aliphatic carbocycles. The van der Waals surface area contributed by atoms with Crippen molar-refractivity contribution in [2.75, 3.05) is 5.32 Å². The number of carbonyl (C=O) groups is 2. The van der Waals surface area contributed by atoms with E-state index in [-0.39, 0.29) is 11.6 Å². The van der Waals surface area contributed by atoms with E-state index in [2.05, 4.69) is 10.3 Å². The van der Waals surface area contributed by atoms with Crippen LogP contribution in [0, 0.1) is 0 Å². The molecule has 0 bridgehead atoms. The maximum atomic E-state index is 10.9. The number of hydrogen-bond donors (Lipinski definition) is 2. The molecule has 0 unspecified atom stereocenters. The molecule has 2 aromatic rings. The van der Waals surface area contributed by atoms with Crippen LogP contribution in [0.2, 0.25) is 0 Å². The molecule has 1 aromatic carbocycles. The normalized spacial score (nSPS) is 10.1. The minimum Gasteiger partial charge on any atom is -0.477 e. The topological polar surface area (TPSA) is 79.3 Å². The van der Waals surface area contributed by atoms with Gasteiger partial charge in [-0.1, -0.05) is 11.8 Å². The fourth-order valence-corrected chi connectivity index (χ4v) is 2.38. The van der Waals surface area contributed by atoms with E-state index >= 15 is 0 Å². The lowest BCUT2D eigenvalue weighted by Gasteiger charge is -2.05. The summed E-state index contributed by atoms with van der Waals surface area (Å²) < 4.78 is 0. The van der Waals surface area contributed by atoms with Crippen molar-refractivity contribution in [2.24, 2.45) is 0 Å². The van der Waals surface area contributed by atoms with Crippen LogP contribution in [0.25, 0.3) is 0 Å². The Balaban J connectivity index is 2.11. The molecule has 1 amide bonds. The van der Waals surface area contributed by atoms with Crippen LogP contribution in [0.4, 0.5) is 5.69 Å². The Labute approximate surface area is 120 Å². The number of amides is 1. The van der Waals surface area contributed by atoms with Crippen LogP contribution < -0.4 is 5.32 Å². The summed E-state index contributed by atoms with van der Waals surface area (Å²) in [5, 5.41) is 11.6. The number of carbonyl (C=O) groups excluding carboxylic acids is 1. The second kappa shape index (κ2) is 6.21. The molecule has 0 radical (unpaired) electrons.